The monoisotopic (exact) mass is 512 g/mol. The Hall–Kier alpha value is -2.53. The Kier molecular flexibility index (Phi) is 16.6. The second kappa shape index (κ2) is 17.8. The quantitative estimate of drug-likeness (QED) is 0.390. The molecule has 3 rings (SSSR count). The summed E-state index contributed by atoms with van der Waals surface area (Å²) in [6, 6.07) is 9.77. The van der Waals surface area contributed by atoms with E-state index in [-0.39, 0.29) is 0 Å². The molecule has 0 aliphatic carbocycles. The lowest BCUT2D eigenvalue weighted by molar-refractivity contribution is 0.303. The molecule has 2 N–H and O–H groups in total. The third-order valence-corrected chi connectivity index (χ3v) is 6.99. The number of aryl methyl sites for hydroxylation is 1. The first kappa shape index (κ1) is 33.5. The zero-order chi connectivity index (χ0) is 27.7. The van der Waals surface area contributed by atoms with Crippen LogP contribution in [0.1, 0.15) is 79.5 Å². The van der Waals surface area contributed by atoms with Gasteiger partial charge in [0.1, 0.15) is 0 Å². The first-order valence-electron chi connectivity index (χ1n) is 13.1. The van der Waals surface area contributed by atoms with E-state index in [1.807, 2.05) is 39.4 Å². The van der Waals surface area contributed by atoms with E-state index in [0.29, 0.717) is 11.5 Å². The summed E-state index contributed by atoms with van der Waals surface area (Å²) in [5.74, 6) is 0. The predicted octanol–water partition coefficient (Wildman–Crippen LogP) is 8.54. The molecule has 202 valence electrons. The lowest BCUT2D eigenvalue weighted by Crippen LogP contribution is -2.36. The fourth-order valence-corrected chi connectivity index (χ4v) is 4.17. The van der Waals surface area contributed by atoms with E-state index in [1.54, 1.807) is 17.5 Å². The number of hydrogen-bond acceptors (Lipinski definition) is 5. The minimum Gasteiger partial charge on any atom is -0.387 e. The van der Waals surface area contributed by atoms with Gasteiger partial charge in [0.15, 0.2) is 0 Å². The Morgan fingerprint density at radius 3 is 2.17 bits per heavy atom. The Bertz CT molecular complexity index is 877. The van der Waals surface area contributed by atoms with Crippen molar-refractivity contribution < 1.29 is 0 Å². The molecule has 0 radical (unpaired) electrons. The Labute approximate surface area is 226 Å². The van der Waals surface area contributed by atoms with Gasteiger partial charge in [-0.15, -0.1) is 11.3 Å². The highest BCUT2D eigenvalue weighted by Gasteiger charge is 2.18. The molecule has 0 saturated carbocycles. The summed E-state index contributed by atoms with van der Waals surface area (Å²) in [6.07, 6.45) is 6.33. The molecular weight excluding hydrogens is 460 g/mol. The summed E-state index contributed by atoms with van der Waals surface area (Å²) in [6.45, 7) is 32.3. The Morgan fingerprint density at radius 2 is 1.83 bits per heavy atom. The minimum absolute atomic E-state index is 0.318. The second-order valence-electron chi connectivity index (χ2n) is 9.97. The average Bonchev–Trinajstić information content (AvgIpc) is 3.46. The number of thiazole rings is 1. The van der Waals surface area contributed by atoms with Crippen LogP contribution in [0.15, 0.2) is 67.6 Å². The Morgan fingerprint density at radius 1 is 1.22 bits per heavy atom. The number of aromatic nitrogens is 1. The maximum atomic E-state index is 4.26. The number of nitrogens with zero attached hydrogens (tertiary/aromatic N) is 2. The maximum Gasteiger partial charge on any atom is 0.0801 e. The van der Waals surface area contributed by atoms with Gasteiger partial charge in [0, 0.05) is 30.9 Å². The van der Waals surface area contributed by atoms with E-state index in [4.69, 9.17) is 0 Å². The molecule has 36 heavy (non-hydrogen) atoms. The van der Waals surface area contributed by atoms with Gasteiger partial charge in [-0.1, -0.05) is 78.6 Å². The largest absolute Gasteiger partial charge is 0.387 e. The van der Waals surface area contributed by atoms with Crippen molar-refractivity contribution in [3.8, 4) is 10.4 Å². The van der Waals surface area contributed by atoms with Crippen molar-refractivity contribution in [1.82, 2.24) is 20.5 Å². The van der Waals surface area contributed by atoms with E-state index in [9.17, 15) is 0 Å². The van der Waals surface area contributed by atoms with Crippen LogP contribution in [0.5, 0.6) is 0 Å². The third kappa shape index (κ3) is 13.0. The standard InChI is InChI=1S/C13H14N2S.C9H19N.C7H13N.C2H6/c1-3-14-8-11-4-6-12(7-5-11)13-10(2)15-9-16-13;1-7(2)10-8(3)9(4,5)6;1-3-8-6-4-5-7(8)2;1-2/h3-7,9,14H,1,8H2,2H3;8,10H,1H2,2-6H3;3,7H,1,4-6H2,2H3;1-2H3. The number of rotatable bonds is 7. The van der Waals surface area contributed by atoms with Crippen LogP contribution < -0.4 is 10.6 Å². The molecule has 5 heteroatoms. The molecule has 4 nitrogen and oxygen atoms in total. The fraction of sp³-hybridized carbons (Fsp3) is 0.516. The molecule has 1 aromatic heterocycles. The van der Waals surface area contributed by atoms with Crippen LogP contribution in [-0.2, 0) is 6.54 Å². The summed E-state index contributed by atoms with van der Waals surface area (Å²) in [5, 5.41) is 6.37. The summed E-state index contributed by atoms with van der Waals surface area (Å²) in [7, 11) is 0. The lowest BCUT2D eigenvalue weighted by Gasteiger charge is -2.28. The van der Waals surface area contributed by atoms with Crippen LogP contribution in [0, 0.1) is 12.3 Å². The van der Waals surface area contributed by atoms with Crippen LogP contribution in [0.3, 0.4) is 0 Å². The van der Waals surface area contributed by atoms with E-state index in [0.717, 1.165) is 24.0 Å². The van der Waals surface area contributed by atoms with Crippen LogP contribution in [0.2, 0.25) is 0 Å². The van der Waals surface area contributed by atoms with Crippen LogP contribution in [0.4, 0.5) is 0 Å². The molecule has 1 saturated heterocycles. The highest BCUT2D eigenvalue weighted by molar-refractivity contribution is 7.13. The molecule has 1 aliphatic rings. The predicted molar refractivity (Wildman–Crippen MR) is 163 cm³/mol. The van der Waals surface area contributed by atoms with Crippen molar-refractivity contribution in [2.24, 2.45) is 5.41 Å². The number of likely N-dealkylation sites (tertiary alicyclic amines) is 1. The van der Waals surface area contributed by atoms with E-state index in [2.05, 4.69) is 99.1 Å². The number of nitrogens with one attached hydrogen (secondary N) is 2. The molecule has 2 unspecified atom stereocenters. The lowest BCUT2D eigenvalue weighted by atomic mass is 9.88. The van der Waals surface area contributed by atoms with Crippen molar-refractivity contribution in [2.45, 2.75) is 93.8 Å². The topological polar surface area (TPSA) is 40.2 Å². The van der Waals surface area contributed by atoms with Crippen molar-refractivity contribution in [3.05, 3.63) is 78.9 Å². The van der Waals surface area contributed by atoms with Gasteiger partial charge < -0.3 is 15.5 Å². The molecule has 0 spiro atoms. The van der Waals surface area contributed by atoms with E-state index < -0.39 is 0 Å². The minimum atomic E-state index is 0.318. The molecule has 1 aromatic carbocycles. The molecule has 1 fully saturated rings. The second-order valence-corrected chi connectivity index (χ2v) is 10.8. The zero-order valence-corrected chi connectivity index (χ0v) is 25.3. The summed E-state index contributed by atoms with van der Waals surface area (Å²) < 4.78 is 0. The fourth-order valence-electron chi connectivity index (χ4n) is 3.36. The molecule has 2 aromatic rings. The van der Waals surface area contributed by atoms with E-state index >= 15 is 0 Å². The highest BCUT2D eigenvalue weighted by Crippen LogP contribution is 2.27. The summed E-state index contributed by atoms with van der Waals surface area (Å²) >= 11 is 1.68. The van der Waals surface area contributed by atoms with Gasteiger partial charge in [-0.05, 0) is 69.5 Å². The van der Waals surface area contributed by atoms with Crippen molar-refractivity contribution in [2.75, 3.05) is 6.54 Å². The van der Waals surface area contributed by atoms with Crippen LogP contribution >= 0.6 is 11.3 Å². The summed E-state index contributed by atoms with van der Waals surface area (Å²) in [4.78, 5) is 7.80. The highest BCUT2D eigenvalue weighted by atomic mass is 32.1. The molecular formula is C31H52N4S. The van der Waals surface area contributed by atoms with Gasteiger partial charge in [-0.3, -0.25) is 0 Å². The van der Waals surface area contributed by atoms with Crippen LogP contribution in [-0.4, -0.2) is 28.5 Å². The van der Waals surface area contributed by atoms with Gasteiger partial charge in [-0.25, -0.2) is 4.98 Å². The number of hydrogen-bond donors (Lipinski definition) is 2. The normalized spacial score (nSPS) is 15.0. The van der Waals surface area contributed by atoms with Crippen molar-refractivity contribution >= 4 is 11.3 Å². The van der Waals surface area contributed by atoms with Crippen molar-refractivity contribution in [1.29, 1.82) is 0 Å². The summed E-state index contributed by atoms with van der Waals surface area (Å²) in [5.41, 5.74) is 6.84. The molecule has 0 amide bonds. The molecule has 2 atom stereocenters. The van der Waals surface area contributed by atoms with Gasteiger partial charge in [0.2, 0.25) is 0 Å². The van der Waals surface area contributed by atoms with Gasteiger partial charge in [0.25, 0.3) is 0 Å². The Balaban J connectivity index is 0.000000529. The molecule has 0 bridgehead atoms. The zero-order valence-electron chi connectivity index (χ0n) is 24.4. The SMILES string of the molecule is C=C(C)NC(C)C(C)(C)C.C=CN1CCCC1C.C=CNCc1ccc(-c2scnc2C)cc1.CC. The molecule has 2 heterocycles. The molecule has 1 aliphatic heterocycles. The maximum absolute atomic E-state index is 4.26. The average molecular weight is 513 g/mol. The van der Waals surface area contributed by atoms with E-state index in [1.165, 1.54) is 35.4 Å². The van der Waals surface area contributed by atoms with Gasteiger partial charge in [-0.2, -0.15) is 0 Å². The number of allylic oxidation sites excluding steroid dienone is 1. The van der Waals surface area contributed by atoms with Gasteiger partial charge in [0.05, 0.1) is 16.1 Å². The van der Waals surface area contributed by atoms with Crippen LogP contribution in [0.25, 0.3) is 10.4 Å². The first-order chi connectivity index (χ1) is 17.0. The van der Waals surface area contributed by atoms with Crippen molar-refractivity contribution in [3.63, 3.8) is 0 Å². The third-order valence-electron chi connectivity index (χ3n) is 6.01. The van der Waals surface area contributed by atoms with Gasteiger partial charge >= 0.3 is 0 Å². The number of benzene rings is 1. The first-order valence-corrected chi connectivity index (χ1v) is 14.0. The smallest absolute Gasteiger partial charge is 0.0801 e.